The fourth-order valence-corrected chi connectivity index (χ4v) is 4.32. The molecule has 0 aliphatic carbocycles. The van der Waals surface area contributed by atoms with E-state index in [0.717, 1.165) is 48.7 Å². The number of carbonyl (C=O) groups is 1. The summed E-state index contributed by atoms with van der Waals surface area (Å²) in [5.74, 6) is 2.41. The Morgan fingerprint density at radius 3 is 2.59 bits per heavy atom. The Hall–Kier alpha value is -2.82. The largest absolute Gasteiger partial charge is 0.493 e. The van der Waals surface area contributed by atoms with Crippen molar-refractivity contribution in [1.82, 2.24) is 14.5 Å². The Kier molecular flexibility index (Phi) is 5.56. The normalized spacial score (nSPS) is 16.7. The van der Waals surface area contributed by atoms with Crippen LogP contribution in [0.15, 0.2) is 42.5 Å². The number of benzene rings is 2. The van der Waals surface area contributed by atoms with Crippen molar-refractivity contribution >= 4 is 16.9 Å². The highest BCUT2D eigenvalue weighted by Crippen LogP contribution is 2.30. The Bertz CT molecular complexity index is 1000. The first-order chi connectivity index (χ1) is 14.1. The maximum Gasteiger partial charge on any atom is 0.223 e. The molecule has 1 unspecified atom stereocenters. The molecule has 0 bridgehead atoms. The molecule has 4 rings (SSSR count). The number of fused-ring (bicyclic) bond motifs is 1. The van der Waals surface area contributed by atoms with Crippen molar-refractivity contribution < 1.29 is 9.53 Å². The third kappa shape index (κ3) is 3.86. The molecule has 29 heavy (non-hydrogen) atoms. The number of para-hydroxylation sites is 3. The van der Waals surface area contributed by atoms with Crippen molar-refractivity contribution in [3.8, 4) is 5.75 Å². The van der Waals surface area contributed by atoms with E-state index in [1.807, 2.05) is 17.9 Å². The van der Waals surface area contributed by atoms with Gasteiger partial charge in [-0.2, -0.15) is 0 Å². The monoisotopic (exact) mass is 391 g/mol. The lowest BCUT2D eigenvalue weighted by atomic mass is 10.1. The molecular formula is C24H29N3O2. The van der Waals surface area contributed by atoms with Gasteiger partial charge in [0.05, 0.1) is 17.6 Å². The molecule has 1 amide bonds. The van der Waals surface area contributed by atoms with Crippen molar-refractivity contribution in [2.24, 2.45) is 0 Å². The van der Waals surface area contributed by atoms with Crippen LogP contribution in [0.5, 0.6) is 5.75 Å². The molecule has 0 radical (unpaired) electrons. The third-order valence-electron chi connectivity index (χ3n) is 5.83. The number of rotatable bonds is 7. The number of aromatic nitrogens is 2. The van der Waals surface area contributed by atoms with E-state index in [1.165, 1.54) is 11.1 Å². The molecule has 2 aromatic carbocycles. The number of likely N-dealkylation sites (N-methyl/N-ethyl adjacent to an activating group) is 1. The fraction of sp³-hybridized carbons (Fsp3) is 0.417. The van der Waals surface area contributed by atoms with Gasteiger partial charge in [0, 0.05) is 32.0 Å². The molecule has 152 valence electrons. The number of amides is 1. The lowest BCUT2D eigenvalue weighted by Gasteiger charge is -2.16. The Labute approximate surface area is 172 Å². The van der Waals surface area contributed by atoms with E-state index in [2.05, 4.69) is 54.8 Å². The first-order valence-corrected chi connectivity index (χ1v) is 10.5. The molecule has 1 aliphatic heterocycles. The molecule has 0 saturated carbocycles. The second-order valence-electron chi connectivity index (χ2n) is 7.87. The zero-order chi connectivity index (χ0) is 20.4. The highest BCUT2D eigenvalue weighted by Gasteiger charge is 2.33. The number of likely N-dealkylation sites (tertiary alicyclic amines) is 1. The summed E-state index contributed by atoms with van der Waals surface area (Å²) in [6, 6.07) is 14.5. The van der Waals surface area contributed by atoms with Gasteiger partial charge in [0.2, 0.25) is 5.91 Å². The van der Waals surface area contributed by atoms with Gasteiger partial charge >= 0.3 is 0 Å². The average molecular weight is 392 g/mol. The molecule has 2 heterocycles. The molecule has 0 spiro atoms. The van der Waals surface area contributed by atoms with Crippen LogP contribution in [0.4, 0.5) is 0 Å². The molecule has 1 fully saturated rings. The van der Waals surface area contributed by atoms with Crippen LogP contribution in [0.3, 0.4) is 0 Å². The summed E-state index contributed by atoms with van der Waals surface area (Å²) in [7, 11) is 0. The zero-order valence-electron chi connectivity index (χ0n) is 17.5. The van der Waals surface area contributed by atoms with Crippen LogP contribution < -0.4 is 4.74 Å². The number of aryl methyl sites for hydroxylation is 3. The van der Waals surface area contributed by atoms with E-state index in [1.54, 1.807) is 0 Å². The summed E-state index contributed by atoms with van der Waals surface area (Å²) in [6.07, 6.45) is 1.44. The summed E-state index contributed by atoms with van der Waals surface area (Å²) in [5.41, 5.74) is 4.48. The average Bonchev–Trinajstić information content (AvgIpc) is 3.27. The van der Waals surface area contributed by atoms with Crippen LogP contribution in [0, 0.1) is 13.8 Å². The lowest BCUT2D eigenvalue weighted by Crippen LogP contribution is -2.24. The van der Waals surface area contributed by atoms with Gasteiger partial charge in [-0.3, -0.25) is 4.79 Å². The minimum atomic E-state index is 0.161. The standard InChI is InChI=1S/C24H29N3O2/c1-4-26-16-19(15-22(26)28)24-25-20-11-5-6-12-21(20)27(24)13-8-14-29-23-17(2)9-7-10-18(23)3/h5-7,9-12,19H,4,8,13-16H2,1-3H3. The Balaban J connectivity index is 1.51. The zero-order valence-corrected chi connectivity index (χ0v) is 17.5. The predicted molar refractivity (Wildman–Crippen MR) is 115 cm³/mol. The minimum absolute atomic E-state index is 0.161. The first kappa shape index (κ1) is 19.5. The fourth-order valence-electron chi connectivity index (χ4n) is 4.32. The van der Waals surface area contributed by atoms with Crippen molar-refractivity contribution in [2.75, 3.05) is 19.7 Å². The number of carbonyl (C=O) groups excluding carboxylic acids is 1. The summed E-state index contributed by atoms with van der Waals surface area (Å²) in [6.45, 7) is 9.21. The smallest absolute Gasteiger partial charge is 0.223 e. The van der Waals surface area contributed by atoms with E-state index >= 15 is 0 Å². The number of hydrogen-bond acceptors (Lipinski definition) is 3. The van der Waals surface area contributed by atoms with Gasteiger partial charge in [0.15, 0.2) is 0 Å². The van der Waals surface area contributed by atoms with Gasteiger partial charge < -0.3 is 14.2 Å². The predicted octanol–water partition coefficient (Wildman–Crippen LogP) is 4.46. The van der Waals surface area contributed by atoms with Gasteiger partial charge in [0.25, 0.3) is 0 Å². The molecular weight excluding hydrogens is 362 g/mol. The highest BCUT2D eigenvalue weighted by molar-refractivity contribution is 5.80. The third-order valence-corrected chi connectivity index (χ3v) is 5.83. The number of ether oxygens (including phenoxy) is 1. The van der Waals surface area contributed by atoms with E-state index in [9.17, 15) is 4.79 Å². The van der Waals surface area contributed by atoms with Crippen molar-refractivity contribution in [1.29, 1.82) is 0 Å². The Morgan fingerprint density at radius 2 is 1.86 bits per heavy atom. The molecule has 1 atom stereocenters. The summed E-state index contributed by atoms with van der Waals surface area (Å²) in [5, 5.41) is 0. The van der Waals surface area contributed by atoms with E-state index < -0.39 is 0 Å². The molecule has 3 aromatic rings. The van der Waals surface area contributed by atoms with Crippen LogP contribution in [-0.2, 0) is 11.3 Å². The number of nitrogens with zero attached hydrogens (tertiary/aromatic N) is 3. The summed E-state index contributed by atoms with van der Waals surface area (Å²) >= 11 is 0. The maximum absolute atomic E-state index is 12.3. The van der Waals surface area contributed by atoms with Crippen molar-refractivity contribution in [2.45, 2.75) is 46.1 Å². The van der Waals surface area contributed by atoms with Crippen LogP contribution in [0.2, 0.25) is 0 Å². The van der Waals surface area contributed by atoms with E-state index in [4.69, 9.17) is 9.72 Å². The molecule has 5 heteroatoms. The highest BCUT2D eigenvalue weighted by atomic mass is 16.5. The van der Waals surface area contributed by atoms with Crippen LogP contribution in [0.1, 0.15) is 42.6 Å². The maximum atomic E-state index is 12.3. The SMILES string of the molecule is CCN1CC(c2nc3ccccc3n2CCCOc2c(C)cccc2C)CC1=O. The topological polar surface area (TPSA) is 47.4 Å². The van der Waals surface area contributed by atoms with Crippen LogP contribution >= 0.6 is 0 Å². The van der Waals surface area contributed by atoms with Crippen molar-refractivity contribution in [3.05, 3.63) is 59.4 Å². The summed E-state index contributed by atoms with van der Waals surface area (Å²) in [4.78, 5) is 19.1. The minimum Gasteiger partial charge on any atom is -0.493 e. The van der Waals surface area contributed by atoms with Crippen LogP contribution in [0.25, 0.3) is 11.0 Å². The lowest BCUT2D eigenvalue weighted by molar-refractivity contribution is -0.127. The van der Waals surface area contributed by atoms with Crippen molar-refractivity contribution in [3.63, 3.8) is 0 Å². The van der Waals surface area contributed by atoms with E-state index in [0.29, 0.717) is 13.0 Å². The molecule has 5 nitrogen and oxygen atoms in total. The second kappa shape index (κ2) is 8.27. The number of imidazole rings is 1. The van der Waals surface area contributed by atoms with Gasteiger partial charge in [-0.05, 0) is 50.5 Å². The quantitative estimate of drug-likeness (QED) is 0.559. The van der Waals surface area contributed by atoms with Crippen LogP contribution in [-0.4, -0.2) is 40.1 Å². The molecule has 0 N–H and O–H groups in total. The molecule has 1 aromatic heterocycles. The van der Waals surface area contributed by atoms with E-state index in [-0.39, 0.29) is 11.8 Å². The van der Waals surface area contributed by atoms with Gasteiger partial charge in [-0.25, -0.2) is 4.98 Å². The number of hydrogen-bond donors (Lipinski definition) is 0. The second-order valence-corrected chi connectivity index (χ2v) is 7.87. The van der Waals surface area contributed by atoms with Gasteiger partial charge in [-0.15, -0.1) is 0 Å². The Morgan fingerprint density at radius 1 is 1.10 bits per heavy atom. The summed E-state index contributed by atoms with van der Waals surface area (Å²) < 4.78 is 8.39. The van der Waals surface area contributed by atoms with Gasteiger partial charge in [-0.1, -0.05) is 30.3 Å². The molecule has 1 aliphatic rings. The first-order valence-electron chi connectivity index (χ1n) is 10.5. The molecule has 1 saturated heterocycles. The van der Waals surface area contributed by atoms with Gasteiger partial charge in [0.1, 0.15) is 11.6 Å².